The molecule has 0 heterocycles. The quantitative estimate of drug-likeness (QED) is 0.883. The van der Waals surface area contributed by atoms with Crippen LogP contribution in [-0.4, -0.2) is 15.5 Å². The van der Waals surface area contributed by atoms with Crippen molar-refractivity contribution in [1.82, 2.24) is 4.72 Å². The summed E-state index contributed by atoms with van der Waals surface area (Å²) in [7, 11) is -2.36. The van der Waals surface area contributed by atoms with Crippen molar-refractivity contribution >= 4 is 33.2 Å². The molecule has 0 saturated carbocycles. The fourth-order valence-corrected chi connectivity index (χ4v) is 3.51. The number of benzene rings is 2. The standard InChI is InChI=1S/C15H15Cl2NO3S/c1-10-7-14(21-2)15(8-13(10)17)22(19,20)18-9-11-5-3-4-6-12(11)16/h3-8,18H,9H2,1-2H3. The molecule has 2 aromatic rings. The molecule has 0 aliphatic heterocycles. The Bertz CT molecular complexity index is 791. The van der Waals surface area contributed by atoms with Crippen LogP contribution in [-0.2, 0) is 16.6 Å². The molecule has 0 atom stereocenters. The van der Waals surface area contributed by atoms with Gasteiger partial charge in [0.2, 0.25) is 10.0 Å². The number of halogens is 2. The Morgan fingerprint density at radius 1 is 1.14 bits per heavy atom. The van der Waals surface area contributed by atoms with Gasteiger partial charge >= 0.3 is 0 Å². The van der Waals surface area contributed by atoms with Gasteiger partial charge in [-0.3, -0.25) is 0 Å². The molecule has 7 heteroatoms. The summed E-state index contributed by atoms with van der Waals surface area (Å²) in [5.74, 6) is 0.244. The van der Waals surface area contributed by atoms with Gasteiger partial charge in [-0.05, 0) is 36.2 Å². The van der Waals surface area contributed by atoms with E-state index < -0.39 is 10.0 Å². The fourth-order valence-electron chi connectivity index (χ4n) is 1.90. The van der Waals surface area contributed by atoms with Crippen molar-refractivity contribution in [3.05, 3.63) is 57.6 Å². The minimum Gasteiger partial charge on any atom is -0.495 e. The molecule has 0 bridgehead atoms. The minimum atomic E-state index is -3.78. The van der Waals surface area contributed by atoms with E-state index >= 15 is 0 Å². The maximum absolute atomic E-state index is 12.5. The normalized spacial score (nSPS) is 11.5. The van der Waals surface area contributed by atoms with Crippen LogP contribution in [0.2, 0.25) is 10.0 Å². The summed E-state index contributed by atoms with van der Waals surface area (Å²) >= 11 is 12.0. The molecule has 1 N–H and O–H groups in total. The maximum atomic E-state index is 12.5. The van der Waals surface area contributed by atoms with E-state index in [2.05, 4.69) is 4.72 Å². The highest BCUT2D eigenvalue weighted by atomic mass is 35.5. The molecule has 0 saturated heterocycles. The number of aryl methyl sites for hydroxylation is 1. The van der Waals surface area contributed by atoms with E-state index in [0.717, 1.165) is 5.56 Å². The van der Waals surface area contributed by atoms with Gasteiger partial charge in [0.15, 0.2) is 0 Å². The van der Waals surface area contributed by atoms with E-state index in [9.17, 15) is 8.42 Å². The zero-order chi connectivity index (χ0) is 16.3. The average Bonchev–Trinajstić information content (AvgIpc) is 2.48. The Labute approximate surface area is 140 Å². The van der Waals surface area contributed by atoms with Crippen molar-refractivity contribution < 1.29 is 13.2 Å². The number of methoxy groups -OCH3 is 1. The van der Waals surface area contributed by atoms with Crippen molar-refractivity contribution in [1.29, 1.82) is 0 Å². The largest absolute Gasteiger partial charge is 0.495 e. The Kier molecular flexibility index (Phi) is 5.34. The number of rotatable bonds is 5. The summed E-state index contributed by atoms with van der Waals surface area (Å²) in [6, 6.07) is 10.00. The van der Waals surface area contributed by atoms with E-state index in [1.165, 1.54) is 13.2 Å². The van der Waals surface area contributed by atoms with Crippen LogP contribution in [0.5, 0.6) is 5.75 Å². The molecule has 0 amide bonds. The van der Waals surface area contributed by atoms with Crippen LogP contribution in [0.1, 0.15) is 11.1 Å². The van der Waals surface area contributed by atoms with Gasteiger partial charge in [0.1, 0.15) is 10.6 Å². The van der Waals surface area contributed by atoms with Gasteiger partial charge in [-0.2, -0.15) is 0 Å². The second kappa shape index (κ2) is 6.87. The first-order valence-electron chi connectivity index (χ1n) is 6.42. The van der Waals surface area contributed by atoms with Gasteiger partial charge in [0, 0.05) is 16.6 Å². The number of hydrogen-bond donors (Lipinski definition) is 1. The summed E-state index contributed by atoms with van der Waals surface area (Å²) < 4.78 is 32.6. The first kappa shape index (κ1) is 17.1. The van der Waals surface area contributed by atoms with Crippen LogP contribution in [0.15, 0.2) is 41.3 Å². The van der Waals surface area contributed by atoms with Crippen molar-refractivity contribution in [3.63, 3.8) is 0 Å². The highest BCUT2D eigenvalue weighted by Crippen LogP contribution is 2.30. The first-order valence-corrected chi connectivity index (χ1v) is 8.66. The molecule has 118 valence electrons. The number of nitrogens with one attached hydrogen (secondary N) is 1. The predicted octanol–water partition coefficient (Wildman–Crippen LogP) is 3.79. The van der Waals surface area contributed by atoms with E-state index in [1.807, 2.05) is 0 Å². The molecular weight excluding hydrogens is 345 g/mol. The molecule has 0 unspecified atom stereocenters. The molecule has 2 rings (SSSR count). The molecule has 0 radical (unpaired) electrons. The minimum absolute atomic E-state index is 0.00217. The van der Waals surface area contributed by atoms with Gasteiger partial charge in [0.05, 0.1) is 7.11 Å². The van der Waals surface area contributed by atoms with Gasteiger partial charge in [-0.1, -0.05) is 41.4 Å². The van der Waals surface area contributed by atoms with Crippen molar-refractivity contribution in [2.45, 2.75) is 18.4 Å². The lowest BCUT2D eigenvalue weighted by Gasteiger charge is -2.13. The Hall–Kier alpha value is -1.27. The molecule has 0 aliphatic rings. The third kappa shape index (κ3) is 3.73. The summed E-state index contributed by atoms with van der Waals surface area (Å²) in [6.07, 6.45) is 0. The molecule has 0 spiro atoms. The first-order chi connectivity index (χ1) is 10.3. The second-order valence-electron chi connectivity index (χ2n) is 4.67. The maximum Gasteiger partial charge on any atom is 0.244 e. The van der Waals surface area contributed by atoms with Crippen LogP contribution in [0, 0.1) is 6.92 Å². The summed E-state index contributed by atoms with van der Waals surface area (Å²) in [5, 5.41) is 0.859. The fraction of sp³-hybridized carbons (Fsp3) is 0.200. The Morgan fingerprint density at radius 2 is 1.82 bits per heavy atom. The molecular formula is C15H15Cl2NO3S. The Morgan fingerprint density at radius 3 is 2.45 bits per heavy atom. The van der Waals surface area contributed by atoms with Crippen molar-refractivity contribution in [3.8, 4) is 5.75 Å². The summed E-state index contributed by atoms with van der Waals surface area (Å²) in [4.78, 5) is -0.00217. The van der Waals surface area contributed by atoms with Crippen LogP contribution in [0.3, 0.4) is 0 Å². The predicted molar refractivity (Wildman–Crippen MR) is 88.2 cm³/mol. The third-order valence-corrected chi connectivity index (χ3v) is 5.34. The molecule has 0 aliphatic carbocycles. The number of hydrogen-bond acceptors (Lipinski definition) is 3. The van der Waals surface area contributed by atoms with Gasteiger partial charge in [-0.25, -0.2) is 13.1 Å². The van der Waals surface area contributed by atoms with Crippen LogP contribution in [0.4, 0.5) is 0 Å². The molecule has 2 aromatic carbocycles. The van der Waals surface area contributed by atoms with Crippen LogP contribution >= 0.6 is 23.2 Å². The highest BCUT2D eigenvalue weighted by molar-refractivity contribution is 7.89. The zero-order valence-corrected chi connectivity index (χ0v) is 14.4. The van der Waals surface area contributed by atoms with Crippen molar-refractivity contribution in [2.24, 2.45) is 0 Å². The SMILES string of the molecule is COc1cc(C)c(Cl)cc1S(=O)(=O)NCc1ccccc1Cl. The molecule has 0 fully saturated rings. The highest BCUT2D eigenvalue weighted by Gasteiger charge is 2.21. The monoisotopic (exact) mass is 359 g/mol. The van der Waals surface area contributed by atoms with E-state index in [4.69, 9.17) is 27.9 Å². The lowest BCUT2D eigenvalue weighted by molar-refractivity contribution is 0.402. The van der Waals surface area contributed by atoms with E-state index in [-0.39, 0.29) is 17.2 Å². The summed E-state index contributed by atoms with van der Waals surface area (Å²) in [6.45, 7) is 1.86. The van der Waals surface area contributed by atoms with Crippen molar-refractivity contribution in [2.75, 3.05) is 7.11 Å². The topological polar surface area (TPSA) is 55.4 Å². The number of sulfonamides is 1. The third-order valence-electron chi connectivity index (χ3n) is 3.14. The Balaban J connectivity index is 2.31. The summed E-state index contributed by atoms with van der Waals surface area (Å²) in [5.41, 5.74) is 1.42. The lowest BCUT2D eigenvalue weighted by Crippen LogP contribution is -2.24. The number of ether oxygens (including phenoxy) is 1. The van der Waals surface area contributed by atoms with E-state index in [0.29, 0.717) is 15.6 Å². The average molecular weight is 360 g/mol. The second-order valence-corrected chi connectivity index (χ2v) is 7.22. The van der Waals surface area contributed by atoms with Gasteiger partial charge in [-0.15, -0.1) is 0 Å². The molecule has 22 heavy (non-hydrogen) atoms. The van der Waals surface area contributed by atoms with Gasteiger partial charge in [0.25, 0.3) is 0 Å². The molecule has 4 nitrogen and oxygen atoms in total. The molecule has 0 aromatic heterocycles. The van der Waals surface area contributed by atoms with Crippen LogP contribution in [0.25, 0.3) is 0 Å². The smallest absolute Gasteiger partial charge is 0.244 e. The van der Waals surface area contributed by atoms with E-state index in [1.54, 1.807) is 37.3 Å². The lowest BCUT2D eigenvalue weighted by atomic mass is 10.2. The zero-order valence-electron chi connectivity index (χ0n) is 12.1. The van der Waals surface area contributed by atoms with Gasteiger partial charge < -0.3 is 4.74 Å². The van der Waals surface area contributed by atoms with Crippen LogP contribution < -0.4 is 9.46 Å².